The van der Waals surface area contributed by atoms with Crippen molar-refractivity contribution in [2.75, 3.05) is 0 Å². The van der Waals surface area contributed by atoms with Crippen LogP contribution in [0.1, 0.15) is 44.2 Å². The van der Waals surface area contributed by atoms with Crippen molar-refractivity contribution >= 4 is 23.4 Å². The van der Waals surface area contributed by atoms with Crippen LogP contribution in [0, 0.1) is 5.41 Å². The summed E-state index contributed by atoms with van der Waals surface area (Å²) < 4.78 is 0. The predicted octanol–water partition coefficient (Wildman–Crippen LogP) is 2.94. The Labute approximate surface area is 123 Å². The second-order valence-electron chi connectivity index (χ2n) is 5.77. The number of carbonyl (C=O) groups is 2. The maximum atomic E-state index is 12.6. The monoisotopic (exact) mass is 292 g/mol. The topological polar surface area (TPSA) is 50.3 Å². The third kappa shape index (κ3) is 2.33. The van der Waals surface area contributed by atoms with Crippen molar-refractivity contribution in [2.24, 2.45) is 5.41 Å². The number of nitrogens with zero attached hydrogens (tertiary/aromatic N) is 2. The molecule has 0 N–H and O–H groups in total. The number of carbonyl (C=O) groups excluding carboxylic acids is 2. The van der Waals surface area contributed by atoms with Gasteiger partial charge in [-0.25, -0.2) is 0 Å². The molecule has 1 saturated carbocycles. The third-order valence-electron chi connectivity index (χ3n) is 4.41. The van der Waals surface area contributed by atoms with Crippen LogP contribution >= 0.6 is 11.6 Å². The molecule has 5 heteroatoms. The highest BCUT2D eigenvalue weighted by Crippen LogP contribution is 2.45. The molecule has 0 unspecified atom stereocenters. The highest BCUT2D eigenvalue weighted by Gasteiger charge is 2.51. The average Bonchev–Trinajstić information content (AvgIpc) is 2.67. The minimum absolute atomic E-state index is 0.000972. The number of hydrogen-bond acceptors (Lipinski definition) is 3. The van der Waals surface area contributed by atoms with Crippen LogP contribution in [0.3, 0.4) is 0 Å². The first-order valence-corrected chi connectivity index (χ1v) is 7.44. The Morgan fingerprint density at radius 3 is 2.60 bits per heavy atom. The van der Waals surface area contributed by atoms with Crippen LogP contribution in [-0.4, -0.2) is 21.7 Å². The largest absolute Gasteiger partial charge is 0.276 e. The summed E-state index contributed by atoms with van der Waals surface area (Å²) in [5, 5.41) is 0.552. The lowest BCUT2D eigenvalue weighted by molar-refractivity contribution is -0.143. The first-order chi connectivity index (χ1) is 9.61. The van der Waals surface area contributed by atoms with E-state index >= 15 is 0 Å². The van der Waals surface area contributed by atoms with Crippen molar-refractivity contribution in [1.29, 1.82) is 0 Å². The Kier molecular flexibility index (Phi) is 3.50. The number of halogens is 1. The molecule has 0 atom stereocenters. The Balaban J connectivity index is 1.78. The van der Waals surface area contributed by atoms with Gasteiger partial charge in [-0.05, 0) is 25.0 Å². The summed E-state index contributed by atoms with van der Waals surface area (Å²) in [4.78, 5) is 30.3. The number of likely N-dealkylation sites (tertiary alicyclic amines) is 1. The SMILES string of the molecule is O=C1CC2(CCCCC2)C(=O)N1Cc1ccc(Cl)cn1. The number of rotatable bonds is 2. The predicted molar refractivity (Wildman–Crippen MR) is 74.9 cm³/mol. The lowest BCUT2D eigenvalue weighted by Gasteiger charge is -2.30. The van der Waals surface area contributed by atoms with Crippen molar-refractivity contribution in [3.05, 3.63) is 29.0 Å². The molecule has 1 aromatic rings. The lowest BCUT2D eigenvalue weighted by Crippen LogP contribution is -2.36. The molecule has 4 nitrogen and oxygen atoms in total. The Bertz CT molecular complexity index is 535. The Hall–Kier alpha value is -1.42. The summed E-state index contributed by atoms with van der Waals surface area (Å²) in [6.45, 7) is 0.261. The molecule has 106 valence electrons. The van der Waals surface area contributed by atoms with Gasteiger partial charge in [0.05, 0.1) is 22.7 Å². The Morgan fingerprint density at radius 2 is 1.95 bits per heavy atom. The van der Waals surface area contributed by atoms with E-state index < -0.39 is 5.41 Å². The van der Waals surface area contributed by atoms with Gasteiger partial charge >= 0.3 is 0 Å². The highest BCUT2D eigenvalue weighted by molar-refractivity contribution is 6.30. The first kappa shape index (κ1) is 13.6. The summed E-state index contributed by atoms with van der Waals surface area (Å²) in [5.74, 6) is -0.0624. The zero-order valence-corrected chi connectivity index (χ0v) is 12.0. The van der Waals surface area contributed by atoms with E-state index in [9.17, 15) is 9.59 Å². The van der Waals surface area contributed by atoms with Crippen LogP contribution < -0.4 is 0 Å². The van der Waals surface area contributed by atoms with E-state index in [0.29, 0.717) is 17.1 Å². The van der Waals surface area contributed by atoms with Gasteiger partial charge in [0.2, 0.25) is 11.8 Å². The van der Waals surface area contributed by atoms with Gasteiger partial charge in [0.15, 0.2) is 0 Å². The smallest absolute Gasteiger partial charge is 0.236 e. The summed E-state index contributed by atoms with van der Waals surface area (Å²) in [7, 11) is 0. The summed E-state index contributed by atoms with van der Waals surface area (Å²) in [5.41, 5.74) is 0.283. The standard InChI is InChI=1S/C15H17ClN2O2/c16-11-4-5-12(17-9-11)10-18-13(19)8-15(14(18)20)6-2-1-3-7-15/h4-5,9H,1-3,6-8,10H2. The summed E-state index contributed by atoms with van der Waals surface area (Å²) in [6, 6.07) is 3.49. The van der Waals surface area contributed by atoms with Gasteiger partial charge in [-0.1, -0.05) is 30.9 Å². The van der Waals surface area contributed by atoms with E-state index in [1.54, 1.807) is 12.1 Å². The van der Waals surface area contributed by atoms with Gasteiger partial charge in [0.1, 0.15) is 0 Å². The molecule has 2 aliphatic rings. The molecule has 2 amide bonds. The van der Waals surface area contributed by atoms with E-state index in [2.05, 4.69) is 4.98 Å². The molecule has 2 fully saturated rings. The van der Waals surface area contributed by atoms with Gasteiger partial charge in [-0.2, -0.15) is 0 Å². The van der Waals surface area contributed by atoms with Crippen molar-refractivity contribution in [2.45, 2.75) is 45.1 Å². The maximum absolute atomic E-state index is 12.6. The second-order valence-corrected chi connectivity index (χ2v) is 6.21. The van der Waals surface area contributed by atoms with Gasteiger partial charge in [-0.3, -0.25) is 19.5 Å². The summed E-state index contributed by atoms with van der Waals surface area (Å²) >= 11 is 5.79. The van der Waals surface area contributed by atoms with Crippen LogP contribution in [0.5, 0.6) is 0 Å². The fourth-order valence-electron chi connectivity index (χ4n) is 3.30. The van der Waals surface area contributed by atoms with Crippen LogP contribution in [-0.2, 0) is 16.1 Å². The normalized spacial score (nSPS) is 21.8. The number of imide groups is 1. The molecule has 1 spiro atoms. The Morgan fingerprint density at radius 1 is 1.20 bits per heavy atom. The van der Waals surface area contributed by atoms with E-state index in [1.807, 2.05) is 0 Å². The van der Waals surface area contributed by atoms with E-state index in [1.165, 1.54) is 17.5 Å². The molecular weight excluding hydrogens is 276 g/mol. The van der Waals surface area contributed by atoms with Crippen LogP contribution in [0.25, 0.3) is 0 Å². The van der Waals surface area contributed by atoms with E-state index in [0.717, 1.165) is 25.7 Å². The van der Waals surface area contributed by atoms with Crippen LogP contribution in [0.2, 0.25) is 5.02 Å². The fraction of sp³-hybridized carbons (Fsp3) is 0.533. The lowest BCUT2D eigenvalue weighted by atomic mass is 9.73. The second kappa shape index (κ2) is 5.17. The molecule has 0 aromatic carbocycles. The number of pyridine rings is 1. The highest BCUT2D eigenvalue weighted by atomic mass is 35.5. The molecule has 20 heavy (non-hydrogen) atoms. The molecule has 2 heterocycles. The zero-order valence-electron chi connectivity index (χ0n) is 11.3. The van der Waals surface area contributed by atoms with Crippen molar-refractivity contribution in [1.82, 2.24) is 9.88 Å². The molecule has 1 aliphatic heterocycles. The number of amides is 2. The first-order valence-electron chi connectivity index (χ1n) is 7.06. The quantitative estimate of drug-likeness (QED) is 0.788. The number of hydrogen-bond donors (Lipinski definition) is 0. The van der Waals surface area contributed by atoms with Crippen LogP contribution in [0.4, 0.5) is 0 Å². The zero-order chi connectivity index (χ0) is 14.2. The third-order valence-corrected chi connectivity index (χ3v) is 4.63. The van der Waals surface area contributed by atoms with Gasteiger partial charge in [0.25, 0.3) is 0 Å². The van der Waals surface area contributed by atoms with Crippen LogP contribution in [0.15, 0.2) is 18.3 Å². The average molecular weight is 293 g/mol. The molecule has 1 aromatic heterocycles. The molecule has 0 radical (unpaired) electrons. The fourth-order valence-corrected chi connectivity index (χ4v) is 3.41. The molecule has 0 bridgehead atoms. The molecule has 1 saturated heterocycles. The van der Waals surface area contributed by atoms with Crippen molar-refractivity contribution in [3.63, 3.8) is 0 Å². The minimum Gasteiger partial charge on any atom is -0.276 e. The minimum atomic E-state index is -0.415. The summed E-state index contributed by atoms with van der Waals surface area (Å²) in [6.07, 6.45) is 6.88. The maximum Gasteiger partial charge on any atom is 0.236 e. The van der Waals surface area contributed by atoms with Gasteiger partial charge in [0, 0.05) is 12.6 Å². The molecular formula is C15H17ClN2O2. The molecule has 3 rings (SSSR count). The van der Waals surface area contributed by atoms with Gasteiger partial charge in [-0.15, -0.1) is 0 Å². The molecule has 1 aliphatic carbocycles. The van der Waals surface area contributed by atoms with Crippen molar-refractivity contribution in [3.8, 4) is 0 Å². The van der Waals surface area contributed by atoms with Gasteiger partial charge < -0.3 is 0 Å². The van der Waals surface area contributed by atoms with Crippen molar-refractivity contribution < 1.29 is 9.59 Å². The van der Waals surface area contributed by atoms with E-state index in [4.69, 9.17) is 11.6 Å². The number of aromatic nitrogens is 1. The van der Waals surface area contributed by atoms with E-state index in [-0.39, 0.29) is 18.4 Å².